The maximum Gasteiger partial charge on any atom is 0.307 e. The summed E-state index contributed by atoms with van der Waals surface area (Å²) in [6, 6.07) is 3.61. The monoisotopic (exact) mass is 311 g/mol. The van der Waals surface area contributed by atoms with E-state index in [0.717, 1.165) is 0 Å². The molecule has 0 aromatic heterocycles. The standard InChI is InChI=1S/C10H11BrFNO2.ClH/c1-15-10(14)5-9(13)7-4-6(12)2-3-8(7)11;/h2-4,9H,5,13H2,1H3;1H/t9-;/m0./s1. The molecule has 90 valence electrons. The van der Waals surface area contributed by atoms with E-state index in [4.69, 9.17) is 5.73 Å². The molecule has 0 saturated heterocycles. The summed E-state index contributed by atoms with van der Waals surface area (Å²) < 4.78 is 18.1. The van der Waals surface area contributed by atoms with E-state index in [-0.39, 0.29) is 24.6 Å². The minimum Gasteiger partial charge on any atom is -0.469 e. The number of carbonyl (C=O) groups is 1. The Bertz CT molecular complexity index is 376. The highest BCUT2D eigenvalue weighted by atomic mass is 79.9. The van der Waals surface area contributed by atoms with E-state index >= 15 is 0 Å². The number of rotatable bonds is 3. The first-order chi connectivity index (χ1) is 7.04. The molecule has 0 amide bonds. The lowest BCUT2D eigenvalue weighted by atomic mass is 10.0. The predicted octanol–water partition coefficient (Wildman–Crippen LogP) is 2.57. The number of ether oxygens (including phenoxy) is 1. The van der Waals surface area contributed by atoms with Gasteiger partial charge in [-0.25, -0.2) is 4.39 Å². The quantitative estimate of drug-likeness (QED) is 0.873. The smallest absolute Gasteiger partial charge is 0.307 e. The molecule has 6 heteroatoms. The molecule has 0 unspecified atom stereocenters. The minimum absolute atomic E-state index is 0. The molecule has 0 spiro atoms. The highest BCUT2D eigenvalue weighted by Gasteiger charge is 2.15. The number of esters is 1. The molecule has 16 heavy (non-hydrogen) atoms. The van der Waals surface area contributed by atoms with Gasteiger partial charge in [0.2, 0.25) is 0 Å². The largest absolute Gasteiger partial charge is 0.469 e. The molecule has 0 aliphatic rings. The second-order valence-corrected chi connectivity index (χ2v) is 3.91. The van der Waals surface area contributed by atoms with Crippen LogP contribution in [0.4, 0.5) is 4.39 Å². The molecule has 1 aromatic carbocycles. The van der Waals surface area contributed by atoms with Crippen LogP contribution in [-0.4, -0.2) is 13.1 Å². The van der Waals surface area contributed by atoms with Crippen LogP contribution >= 0.6 is 28.3 Å². The van der Waals surface area contributed by atoms with E-state index in [9.17, 15) is 9.18 Å². The van der Waals surface area contributed by atoms with Crippen molar-refractivity contribution in [1.82, 2.24) is 0 Å². The first-order valence-electron chi connectivity index (χ1n) is 4.32. The molecule has 1 atom stereocenters. The van der Waals surface area contributed by atoms with Gasteiger partial charge in [-0.3, -0.25) is 4.79 Å². The first kappa shape index (κ1) is 15.3. The molecule has 0 aliphatic carbocycles. The zero-order valence-electron chi connectivity index (χ0n) is 8.57. The molecule has 2 N–H and O–H groups in total. The Kier molecular flexibility index (Phi) is 6.55. The van der Waals surface area contributed by atoms with Crippen molar-refractivity contribution in [3.05, 3.63) is 34.1 Å². The molecule has 0 bridgehead atoms. The average molecular weight is 313 g/mol. The summed E-state index contributed by atoms with van der Waals surface area (Å²) in [5.74, 6) is -0.799. The highest BCUT2D eigenvalue weighted by molar-refractivity contribution is 9.10. The van der Waals surface area contributed by atoms with Crippen LogP contribution in [0, 0.1) is 5.82 Å². The molecule has 1 aromatic rings. The fraction of sp³-hybridized carbons (Fsp3) is 0.300. The normalized spacial score (nSPS) is 11.5. The van der Waals surface area contributed by atoms with Crippen molar-refractivity contribution in [2.45, 2.75) is 12.5 Å². The Morgan fingerprint density at radius 1 is 1.62 bits per heavy atom. The van der Waals surface area contributed by atoms with E-state index in [1.54, 1.807) is 6.07 Å². The number of carbonyl (C=O) groups excluding carboxylic acids is 1. The van der Waals surface area contributed by atoms with Gasteiger partial charge in [-0.05, 0) is 23.8 Å². The van der Waals surface area contributed by atoms with Crippen molar-refractivity contribution in [3.8, 4) is 0 Å². The van der Waals surface area contributed by atoms with E-state index in [1.807, 2.05) is 0 Å². The number of hydrogen-bond acceptors (Lipinski definition) is 3. The number of nitrogens with two attached hydrogens (primary N) is 1. The first-order valence-corrected chi connectivity index (χ1v) is 5.11. The predicted molar refractivity (Wildman–Crippen MR) is 64.9 cm³/mol. The number of benzene rings is 1. The van der Waals surface area contributed by atoms with Gasteiger partial charge in [-0.2, -0.15) is 0 Å². The van der Waals surface area contributed by atoms with Gasteiger partial charge in [0.1, 0.15) is 5.82 Å². The van der Waals surface area contributed by atoms with Crippen molar-refractivity contribution < 1.29 is 13.9 Å². The summed E-state index contributed by atoms with van der Waals surface area (Å²) >= 11 is 3.24. The lowest BCUT2D eigenvalue weighted by Crippen LogP contribution is -2.17. The Balaban J connectivity index is 0.00000225. The van der Waals surface area contributed by atoms with E-state index in [1.165, 1.54) is 19.2 Å². The lowest BCUT2D eigenvalue weighted by Gasteiger charge is -2.12. The third-order valence-corrected chi connectivity index (χ3v) is 2.69. The second-order valence-electron chi connectivity index (χ2n) is 3.05. The molecule has 0 radical (unpaired) electrons. The van der Waals surface area contributed by atoms with Crippen molar-refractivity contribution in [2.75, 3.05) is 7.11 Å². The zero-order valence-corrected chi connectivity index (χ0v) is 11.0. The third-order valence-electron chi connectivity index (χ3n) is 1.97. The summed E-state index contributed by atoms with van der Waals surface area (Å²) in [5, 5.41) is 0. The molecule has 0 fully saturated rings. The maximum atomic E-state index is 12.9. The molecule has 0 aliphatic heterocycles. The minimum atomic E-state index is -0.567. The third kappa shape index (κ3) is 4.08. The van der Waals surface area contributed by atoms with E-state index < -0.39 is 12.0 Å². The molecule has 0 heterocycles. The van der Waals surface area contributed by atoms with Gasteiger partial charge in [0.25, 0.3) is 0 Å². The SMILES string of the molecule is COC(=O)C[C@H](N)c1cc(F)ccc1Br.Cl. The maximum absolute atomic E-state index is 12.9. The van der Waals surface area contributed by atoms with Crippen molar-refractivity contribution in [3.63, 3.8) is 0 Å². The fourth-order valence-corrected chi connectivity index (χ4v) is 1.71. The summed E-state index contributed by atoms with van der Waals surface area (Å²) in [5.41, 5.74) is 6.30. The topological polar surface area (TPSA) is 52.3 Å². The van der Waals surface area contributed by atoms with E-state index in [0.29, 0.717) is 10.0 Å². The molecular formula is C10H12BrClFNO2. The second kappa shape index (κ2) is 6.83. The van der Waals surface area contributed by atoms with Crippen LogP contribution in [0.5, 0.6) is 0 Å². The van der Waals surface area contributed by atoms with Gasteiger partial charge >= 0.3 is 5.97 Å². The van der Waals surface area contributed by atoms with Crippen LogP contribution in [0.25, 0.3) is 0 Å². The van der Waals surface area contributed by atoms with Gasteiger partial charge in [-0.15, -0.1) is 12.4 Å². The van der Waals surface area contributed by atoms with Gasteiger partial charge in [0.15, 0.2) is 0 Å². The number of hydrogen-bond donors (Lipinski definition) is 1. The highest BCUT2D eigenvalue weighted by Crippen LogP contribution is 2.25. The van der Waals surface area contributed by atoms with Gasteiger partial charge in [-0.1, -0.05) is 15.9 Å². The Hall–Kier alpha value is -0.650. The van der Waals surface area contributed by atoms with Crippen molar-refractivity contribution >= 4 is 34.3 Å². The van der Waals surface area contributed by atoms with Crippen LogP contribution in [0.15, 0.2) is 22.7 Å². The fourth-order valence-electron chi connectivity index (χ4n) is 1.17. The van der Waals surface area contributed by atoms with Crippen LogP contribution in [0.3, 0.4) is 0 Å². The lowest BCUT2D eigenvalue weighted by molar-refractivity contribution is -0.141. The molecule has 1 rings (SSSR count). The summed E-state index contributed by atoms with van der Waals surface area (Å²) in [7, 11) is 1.29. The number of methoxy groups -OCH3 is 1. The van der Waals surface area contributed by atoms with Crippen LogP contribution < -0.4 is 5.73 Å². The average Bonchev–Trinajstić information content (AvgIpc) is 2.21. The zero-order chi connectivity index (χ0) is 11.4. The van der Waals surface area contributed by atoms with Gasteiger partial charge in [0.05, 0.1) is 13.5 Å². The summed E-state index contributed by atoms with van der Waals surface area (Å²) in [6.45, 7) is 0. The number of halogens is 3. The van der Waals surface area contributed by atoms with E-state index in [2.05, 4.69) is 20.7 Å². The van der Waals surface area contributed by atoms with Crippen LogP contribution in [0.1, 0.15) is 18.0 Å². The Morgan fingerprint density at radius 3 is 2.81 bits per heavy atom. The molecule has 3 nitrogen and oxygen atoms in total. The van der Waals surface area contributed by atoms with Gasteiger partial charge < -0.3 is 10.5 Å². The Morgan fingerprint density at radius 2 is 2.25 bits per heavy atom. The van der Waals surface area contributed by atoms with Crippen molar-refractivity contribution in [1.29, 1.82) is 0 Å². The van der Waals surface area contributed by atoms with Crippen LogP contribution in [0.2, 0.25) is 0 Å². The molecule has 0 saturated carbocycles. The van der Waals surface area contributed by atoms with Gasteiger partial charge in [0, 0.05) is 10.5 Å². The Labute approximate surface area is 108 Å². The molecular weight excluding hydrogens is 300 g/mol. The summed E-state index contributed by atoms with van der Waals surface area (Å²) in [4.78, 5) is 11.0. The summed E-state index contributed by atoms with van der Waals surface area (Å²) in [6.07, 6.45) is 0.0263. The van der Waals surface area contributed by atoms with Crippen molar-refractivity contribution in [2.24, 2.45) is 5.73 Å². The van der Waals surface area contributed by atoms with Crippen LogP contribution in [-0.2, 0) is 9.53 Å².